The van der Waals surface area contributed by atoms with Gasteiger partial charge in [0.1, 0.15) is 11.4 Å². The Balaban J connectivity index is 1.80. The number of aromatic nitrogens is 1. The van der Waals surface area contributed by atoms with Gasteiger partial charge in [-0.1, -0.05) is 81.4 Å². The largest absolute Gasteiger partial charge is 0.534 e. The molecule has 176 valence electrons. The van der Waals surface area contributed by atoms with Gasteiger partial charge in [0.2, 0.25) is 0 Å². The Hall–Kier alpha value is -3.31. The number of fused-ring (bicyclic) bond motifs is 1. The highest BCUT2D eigenvalue weighted by atomic mass is 28.4. The maximum absolute atomic E-state index is 12.6. The van der Waals surface area contributed by atoms with Crippen LogP contribution in [0.4, 0.5) is 4.79 Å². The van der Waals surface area contributed by atoms with Gasteiger partial charge in [-0.05, 0) is 54.4 Å². The number of nitrogens with zero attached hydrogens (tertiary/aromatic N) is 1. The van der Waals surface area contributed by atoms with Crippen molar-refractivity contribution in [1.82, 2.24) is 4.57 Å². The third kappa shape index (κ3) is 4.66. The lowest BCUT2D eigenvalue weighted by Crippen LogP contribution is -2.68. The van der Waals surface area contributed by atoms with Crippen LogP contribution in [-0.2, 0) is 4.74 Å². The summed E-state index contributed by atoms with van der Waals surface area (Å²) in [6.07, 6.45) is 3.22. The highest BCUT2D eigenvalue weighted by Gasteiger charge is 2.52. The average Bonchev–Trinajstić information content (AvgIpc) is 3.20. The van der Waals surface area contributed by atoms with Gasteiger partial charge in [-0.25, -0.2) is 4.79 Å². The molecule has 0 saturated carbocycles. The molecule has 0 N–H and O–H groups in total. The molecule has 4 nitrogen and oxygen atoms in total. The molecule has 0 atom stereocenters. The summed E-state index contributed by atoms with van der Waals surface area (Å²) in [5, 5.41) is 4.20. The second-order valence-corrected chi connectivity index (χ2v) is 14.9. The summed E-state index contributed by atoms with van der Waals surface area (Å²) in [5.74, 6) is 0.795. The van der Waals surface area contributed by atoms with Crippen LogP contribution in [0.5, 0.6) is 5.75 Å². The van der Waals surface area contributed by atoms with Gasteiger partial charge in [0, 0.05) is 23.2 Å². The van der Waals surface area contributed by atoms with Crippen molar-refractivity contribution < 1.29 is 14.0 Å². The van der Waals surface area contributed by atoms with E-state index in [1.54, 1.807) is 6.20 Å². The van der Waals surface area contributed by atoms with Crippen molar-refractivity contribution in [3.63, 3.8) is 0 Å². The first-order valence-electron chi connectivity index (χ1n) is 11.6. The first-order valence-corrected chi connectivity index (χ1v) is 13.6. The number of hydrogen-bond acceptors (Lipinski definition) is 3. The number of ether oxygens (including phenoxy) is 1. The van der Waals surface area contributed by atoms with Gasteiger partial charge in [0.15, 0.2) is 0 Å². The minimum Gasteiger partial charge on any atom is -0.534 e. The molecule has 0 aliphatic heterocycles. The lowest BCUT2D eigenvalue weighted by atomic mass is 10.2. The van der Waals surface area contributed by atoms with Crippen LogP contribution in [0.2, 0.25) is 5.04 Å². The number of rotatable bonds is 4. The summed E-state index contributed by atoms with van der Waals surface area (Å²) in [6.45, 7) is 12.4. The fourth-order valence-corrected chi connectivity index (χ4v) is 8.84. The van der Waals surface area contributed by atoms with Crippen molar-refractivity contribution in [2.24, 2.45) is 0 Å². The topological polar surface area (TPSA) is 40.5 Å². The molecule has 34 heavy (non-hydrogen) atoms. The summed E-state index contributed by atoms with van der Waals surface area (Å²) in [6, 6.07) is 27.2. The minimum atomic E-state index is -2.72. The number of carbonyl (C=O) groups is 1. The molecule has 0 unspecified atom stereocenters. The molecule has 1 aromatic heterocycles. The van der Waals surface area contributed by atoms with Gasteiger partial charge in [-0.15, -0.1) is 0 Å². The van der Waals surface area contributed by atoms with Crippen molar-refractivity contribution in [3.8, 4) is 5.75 Å². The molecule has 0 aliphatic carbocycles. The van der Waals surface area contributed by atoms with E-state index in [1.807, 2.05) is 57.3 Å². The molecule has 0 radical (unpaired) electrons. The van der Waals surface area contributed by atoms with E-state index in [9.17, 15) is 4.79 Å². The van der Waals surface area contributed by atoms with Crippen LogP contribution in [0.15, 0.2) is 91.3 Å². The Bertz CT molecular complexity index is 1240. The van der Waals surface area contributed by atoms with Gasteiger partial charge in [0.25, 0.3) is 0 Å². The number of benzene rings is 3. The summed E-state index contributed by atoms with van der Waals surface area (Å²) >= 11 is 0. The van der Waals surface area contributed by atoms with E-state index < -0.39 is 20.0 Å². The van der Waals surface area contributed by atoms with Crippen molar-refractivity contribution in [1.29, 1.82) is 0 Å². The Morgan fingerprint density at radius 2 is 1.26 bits per heavy atom. The second kappa shape index (κ2) is 8.80. The zero-order chi connectivity index (χ0) is 24.6. The zero-order valence-corrected chi connectivity index (χ0v) is 21.8. The SMILES string of the molecule is CC(C)(C)OC(=O)n1cc2ccc(O[Si](c3ccccc3)(c3ccccc3)C(C)(C)C)cc2c1. The molecule has 0 fully saturated rings. The lowest BCUT2D eigenvalue weighted by molar-refractivity contribution is 0.0538. The second-order valence-electron chi connectivity index (χ2n) is 10.7. The molecule has 0 spiro atoms. The van der Waals surface area contributed by atoms with E-state index in [1.165, 1.54) is 14.9 Å². The fourth-order valence-electron chi connectivity index (χ4n) is 4.43. The van der Waals surface area contributed by atoms with Gasteiger partial charge in [-0.3, -0.25) is 4.57 Å². The monoisotopic (exact) mass is 471 g/mol. The van der Waals surface area contributed by atoms with Gasteiger partial charge in [-0.2, -0.15) is 0 Å². The summed E-state index contributed by atoms with van der Waals surface area (Å²) in [4.78, 5) is 12.6. The average molecular weight is 472 g/mol. The molecule has 0 saturated heterocycles. The van der Waals surface area contributed by atoms with Crippen LogP contribution < -0.4 is 14.8 Å². The molecule has 1 heterocycles. The van der Waals surface area contributed by atoms with Crippen molar-refractivity contribution in [3.05, 3.63) is 91.3 Å². The first-order chi connectivity index (χ1) is 16.0. The van der Waals surface area contributed by atoms with Crippen molar-refractivity contribution in [2.75, 3.05) is 0 Å². The molecule has 3 aromatic carbocycles. The van der Waals surface area contributed by atoms with E-state index in [2.05, 4.69) is 69.3 Å². The first kappa shape index (κ1) is 23.8. The summed E-state index contributed by atoms with van der Waals surface area (Å²) in [5.41, 5.74) is -0.551. The molecular weight excluding hydrogens is 438 g/mol. The van der Waals surface area contributed by atoms with E-state index in [4.69, 9.17) is 9.16 Å². The van der Waals surface area contributed by atoms with Crippen LogP contribution in [0.25, 0.3) is 10.8 Å². The normalized spacial score (nSPS) is 12.5. The Morgan fingerprint density at radius 1 is 0.735 bits per heavy atom. The van der Waals surface area contributed by atoms with Crippen molar-refractivity contribution >= 4 is 35.6 Å². The molecule has 0 amide bonds. The van der Waals surface area contributed by atoms with E-state index in [0.29, 0.717) is 0 Å². The van der Waals surface area contributed by atoms with Gasteiger partial charge in [0.05, 0.1) is 0 Å². The van der Waals surface area contributed by atoms with E-state index in [0.717, 1.165) is 16.5 Å². The van der Waals surface area contributed by atoms with Crippen LogP contribution in [0, 0.1) is 0 Å². The Kier molecular flexibility index (Phi) is 6.17. The molecule has 4 rings (SSSR count). The smallest absolute Gasteiger partial charge is 0.418 e. The van der Waals surface area contributed by atoms with E-state index >= 15 is 0 Å². The quantitative estimate of drug-likeness (QED) is 0.325. The molecule has 5 heteroatoms. The predicted octanol–water partition coefficient (Wildman–Crippen LogP) is 6.36. The number of hydrogen-bond donors (Lipinski definition) is 0. The van der Waals surface area contributed by atoms with Gasteiger partial charge < -0.3 is 9.16 Å². The standard InChI is InChI=1S/C29H33NO3Si/c1-28(2,3)32-27(31)30-20-22-17-18-24(19-23(22)21-30)33-34(29(4,5)6,25-13-9-7-10-14-25)26-15-11-8-12-16-26/h7-21H,1-6H3. The third-order valence-electron chi connectivity index (χ3n) is 5.91. The minimum absolute atomic E-state index is 0.132. The predicted molar refractivity (Wildman–Crippen MR) is 142 cm³/mol. The van der Waals surface area contributed by atoms with Crippen molar-refractivity contribution in [2.45, 2.75) is 52.2 Å². The lowest BCUT2D eigenvalue weighted by Gasteiger charge is -2.43. The molecule has 0 bridgehead atoms. The third-order valence-corrected chi connectivity index (χ3v) is 10.9. The summed E-state index contributed by atoms with van der Waals surface area (Å²) < 4.78 is 14.1. The number of carbonyl (C=O) groups excluding carboxylic acids is 1. The fraction of sp³-hybridized carbons (Fsp3) is 0.276. The maximum Gasteiger partial charge on any atom is 0.418 e. The van der Waals surface area contributed by atoms with E-state index in [-0.39, 0.29) is 5.04 Å². The maximum atomic E-state index is 12.6. The zero-order valence-electron chi connectivity index (χ0n) is 20.8. The van der Waals surface area contributed by atoms with Crippen LogP contribution in [-0.4, -0.2) is 24.6 Å². The highest BCUT2D eigenvalue weighted by Crippen LogP contribution is 2.38. The summed E-state index contributed by atoms with van der Waals surface area (Å²) in [7, 11) is -2.72. The van der Waals surface area contributed by atoms with Gasteiger partial charge >= 0.3 is 14.4 Å². The molecule has 4 aromatic rings. The highest BCUT2D eigenvalue weighted by molar-refractivity contribution is 7.00. The van der Waals surface area contributed by atoms with Crippen LogP contribution in [0.3, 0.4) is 0 Å². The Labute approximate surface area is 203 Å². The van der Waals surface area contributed by atoms with Crippen LogP contribution in [0.1, 0.15) is 41.5 Å². The molecular formula is C29H33NO3Si. The Morgan fingerprint density at radius 3 is 1.76 bits per heavy atom. The van der Waals surface area contributed by atoms with Crippen LogP contribution >= 0.6 is 0 Å². The molecule has 0 aliphatic rings.